The van der Waals surface area contributed by atoms with Crippen molar-refractivity contribution in [2.45, 2.75) is 65.4 Å². The van der Waals surface area contributed by atoms with E-state index in [1.54, 1.807) is 40.2 Å². The lowest BCUT2D eigenvalue weighted by Crippen LogP contribution is -2.50. The number of benzene rings is 2. The van der Waals surface area contributed by atoms with Crippen LogP contribution in [0.25, 0.3) is 12.2 Å². The molecule has 0 aliphatic carbocycles. The molecule has 0 aliphatic rings. The van der Waals surface area contributed by atoms with Gasteiger partial charge in [0.2, 0.25) is 15.9 Å². The van der Waals surface area contributed by atoms with Crippen molar-refractivity contribution in [3.05, 3.63) is 94.6 Å². The number of carbonyl (C=O) groups is 1. The Morgan fingerprint density at radius 2 is 1.65 bits per heavy atom. The normalized spacial score (nSPS) is 13.0. The number of hydrogen-bond acceptors (Lipinski definition) is 4. The highest BCUT2D eigenvalue weighted by Crippen LogP contribution is 2.20. The molecule has 0 fully saturated rings. The van der Waals surface area contributed by atoms with Gasteiger partial charge in [-0.25, -0.2) is 13.4 Å². The van der Waals surface area contributed by atoms with Crippen LogP contribution < -0.4 is 4.72 Å². The summed E-state index contributed by atoms with van der Waals surface area (Å²) in [4.78, 5) is 20.2. The van der Waals surface area contributed by atoms with Gasteiger partial charge in [0, 0.05) is 38.4 Å². The minimum absolute atomic E-state index is 0.124. The number of hydrogen-bond donors (Lipinski definition) is 1. The maximum atomic E-state index is 14.2. The van der Waals surface area contributed by atoms with E-state index in [0.29, 0.717) is 13.1 Å². The zero-order chi connectivity index (χ0) is 29.4. The van der Waals surface area contributed by atoms with E-state index in [1.807, 2.05) is 52.1 Å². The van der Waals surface area contributed by atoms with E-state index in [4.69, 9.17) is 0 Å². The quantitative estimate of drug-likeness (QED) is 0.308. The van der Waals surface area contributed by atoms with Gasteiger partial charge in [-0.3, -0.25) is 4.79 Å². The molecule has 0 saturated carbocycles. The number of aryl methyl sites for hydroxylation is 3. The van der Waals surface area contributed by atoms with Gasteiger partial charge in [-0.2, -0.15) is 4.72 Å². The minimum Gasteiger partial charge on any atom is -0.338 e. The SMILES string of the molecule is C/C=C\c1cc(CN(CC(C)C)C(=O)[C@H](Cc2cncn2C)NS(=O)(=O)c2ccc(C)c(/C=C\C)c2)ccc1C. The van der Waals surface area contributed by atoms with Gasteiger partial charge in [0.1, 0.15) is 6.04 Å². The average molecular weight is 563 g/mol. The summed E-state index contributed by atoms with van der Waals surface area (Å²) in [5, 5.41) is 0. The number of nitrogens with zero attached hydrogens (tertiary/aromatic N) is 3. The zero-order valence-electron chi connectivity index (χ0n) is 24.7. The maximum absolute atomic E-state index is 14.2. The fourth-order valence-corrected chi connectivity index (χ4v) is 5.86. The maximum Gasteiger partial charge on any atom is 0.241 e. The molecule has 0 unspecified atom stereocenters. The number of imidazole rings is 1. The third kappa shape index (κ3) is 8.02. The second kappa shape index (κ2) is 13.7. The van der Waals surface area contributed by atoms with E-state index >= 15 is 0 Å². The Balaban J connectivity index is 2.00. The number of carbonyl (C=O) groups excluding carboxylic acids is 1. The highest BCUT2D eigenvalue weighted by atomic mass is 32.2. The molecule has 0 aliphatic heterocycles. The minimum atomic E-state index is -4.00. The van der Waals surface area contributed by atoms with E-state index in [-0.39, 0.29) is 23.1 Å². The van der Waals surface area contributed by atoms with Gasteiger partial charge in [0.15, 0.2) is 0 Å². The molecule has 0 bridgehead atoms. The van der Waals surface area contributed by atoms with E-state index < -0.39 is 16.1 Å². The molecule has 1 heterocycles. The first kappa shape index (κ1) is 31.0. The third-order valence-electron chi connectivity index (χ3n) is 6.79. The highest BCUT2D eigenvalue weighted by molar-refractivity contribution is 7.89. The zero-order valence-corrected chi connectivity index (χ0v) is 25.5. The molecule has 3 aromatic rings. The Labute approximate surface area is 239 Å². The van der Waals surface area contributed by atoms with Crippen molar-refractivity contribution in [3.8, 4) is 0 Å². The van der Waals surface area contributed by atoms with Crippen molar-refractivity contribution in [1.82, 2.24) is 19.2 Å². The first-order valence-electron chi connectivity index (χ1n) is 13.7. The van der Waals surface area contributed by atoms with Crippen LogP contribution in [-0.2, 0) is 34.8 Å². The number of allylic oxidation sites excluding steroid dienone is 2. The van der Waals surface area contributed by atoms with Crippen LogP contribution in [0.5, 0.6) is 0 Å². The molecule has 1 amide bonds. The van der Waals surface area contributed by atoms with Crippen LogP contribution >= 0.6 is 0 Å². The topological polar surface area (TPSA) is 84.3 Å². The highest BCUT2D eigenvalue weighted by Gasteiger charge is 2.31. The van der Waals surface area contributed by atoms with Crippen LogP contribution in [0.4, 0.5) is 0 Å². The number of amides is 1. The van der Waals surface area contributed by atoms with Crippen molar-refractivity contribution in [3.63, 3.8) is 0 Å². The monoisotopic (exact) mass is 562 g/mol. The molecule has 40 heavy (non-hydrogen) atoms. The van der Waals surface area contributed by atoms with Crippen molar-refractivity contribution in [1.29, 1.82) is 0 Å². The Bertz CT molecular complexity index is 1490. The second-order valence-corrected chi connectivity index (χ2v) is 12.4. The summed E-state index contributed by atoms with van der Waals surface area (Å²) < 4.78 is 31.9. The van der Waals surface area contributed by atoms with Crippen molar-refractivity contribution >= 4 is 28.1 Å². The molecular formula is C32H42N4O3S. The lowest BCUT2D eigenvalue weighted by Gasteiger charge is -2.30. The predicted molar refractivity (Wildman–Crippen MR) is 163 cm³/mol. The fraction of sp³-hybridized carbons (Fsp3) is 0.375. The van der Waals surface area contributed by atoms with Crippen LogP contribution in [0, 0.1) is 19.8 Å². The van der Waals surface area contributed by atoms with Crippen molar-refractivity contribution in [2.75, 3.05) is 6.54 Å². The Kier molecular flexibility index (Phi) is 10.7. The molecule has 8 heteroatoms. The van der Waals surface area contributed by atoms with Gasteiger partial charge in [0.25, 0.3) is 0 Å². The largest absolute Gasteiger partial charge is 0.338 e. The van der Waals surface area contributed by atoms with Crippen LogP contribution in [0.15, 0.2) is 66.0 Å². The molecule has 1 N–H and O–H groups in total. The smallest absolute Gasteiger partial charge is 0.241 e. The molecule has 2 aromatic carbocycles. The van der Waals surface area contributed by atoms with Crippen LogP contribution in [0.1, 0.15) is 61.2 Å². The Hall–Kier alpha value is -3.49. The second-order valence-electron chi connectivity index (χ2n) is 10.7. The number of rotatable bonds is 12. The van der Waals surface area contributed by atoms with Gasteiger partial charge in [-0.15, -0.1) is 0 Å². The molecule has 1 atom stereocenters. The summed E-state index contributed by atoms with van der Waals surface area (Å²) in [7, 11) is -2.17. The molecule has 7 nitrogen and oxygen atoms in total. The third-order valence-corrected chi connectivity index (χ3v) is 8.26. The van der Waals surface area contributed by atoms with Crippen molar-refractivity contribution in [2.24, 2.45) is 13.0 Å². The predicted octanol–water partition coefficient (Wildman–Crippen LogP) is 5.68. The van der Waals surface area contributed by atoms with E-state index in [9.17, 15) is 13.2 Å². The molecule has 0 saturated heterocycles. The lowest BCUT2D eigenvalue weighted by atomic mass is 10.0. The van der Waals surface area contributed by atoms with Crippen LogP contribution in [-0.4, -0.2) is 41.4 Å². The number of nitrogens with one attached hydrogen (secondary N) is 1. The van der Waals surface area contributed by atoms with E-state index in [0.717, 1.165) is 33.5 Å². The molecule has 0 spiro atoms. The lowest BCUT2D eigenvalue weighted by molar-refractivity contribution is -0.134. The molecular weight excluding hydrogens is 520 g/mol. The fourth-order valence-electron chi connectivity index (χ4n) is 4.63. The van der Waals surface area contributed by atoms with Crippen molar-refractivity contribution < 1.29 is 13.2 Å². The van der Waals surface area contributed by atoms with Crippen LogP contribution in [0.3, 0.4) is 0 Å². The Morgan fingerprint density at radius 3 is 2.23 bits per heavy atom. The summed E-state index contributed by atoms with van der Waals surface area (Å²) in [6.07, 6.45) is 11.3. The van der Waals surface area contributed by atoms with E-state index in [1.165, 1.54) is 0 Å². The van der Waals surface area contributed by atoms with Crippen LogP contribution in [0.2, 0.25) is 0 Å². The van der Waals surface area contributed by atoms with Gasteiger partial charge in [0.05, 0.1) is 11.2 Å². The molecule has 0 radical (unpaired) electrons. The summed E-state index contributed by atoms with van der Waals surface area (Å²) >= 11 is 0. The Morgan fingerprint density at radius 1 is 1.02 bits per heavy atom. The van der Waals surface area contributed by atoms with Gasteiger partial charge >= 0.3 is 0 Å². The van der Waals surface area contributed by atoms with Gasteiger partial charge < -0.3 is 9.47 Å². The summed E-state index contributed by atoms with van der Waals surface area (Å²) in [5.41, 5.74) is 5.79. The summed E-state index contributed by atoms with van der Waals surface area (Å²) in [5.74, 6) is -0.0775. The number of aromatic nitrogens is 2. The van der Waals surface area contributed by atoms with Gasteiger partial charge in [-0.05, 0) is 79.6 Å². The molecule has 1 aromatic heterocycles. The number of sulfonamides is 1. The first-order chi connectivity index (χ1) is 18.9. The van der Waals surface area contributed by atoms with E-state index in [2.05, 4.69) is 48.7 Å². The van der Waals surface area contributed by atoms with Gasteiger partial charge in [-0.1, -0.05) is 56.4 Å². The standard InChI is InChI=1S/C32H42N4O3S/c1-8-10-27-16-26(14-12-24(27)5)21-36(20-23(3)4)32(37)31(18-29-19-33-22-35(29)7)34-40(38,39)30-15-13-25(6)28(17-30)11-9-2/h8-17,19,22-23,31,34H,18,20-21H2,1-7H3/b10-8-,11-9-/t31-/m0/s1. The summed E-state index contributed by atoms with van der Waals surface area (Å²) in [6.45, 7) is 12.8. The average Bonchev–Trinajstić information content (AvgIpc) is 3.30. The first-order valence-corrected chi connectivity index (χ1v) is 15.1. The summed E-state index contributed by atoms with van der Waals surface area (Å²) in [6, 6.07) is 10.2. The molecule has 3 rings (SSSR count). The molecule has 214 valence electrons.